The summed E-state index contributed by atoms with van der Waals surface area (Å²) in [4.78, 5) is 2.47. The van der Waals surface area contributed by atoms with Gasteiger partial charge in [0.15, 0.2) is 0 Å². The smallest absolute Gasteiger partial charge is 0.0679 e. The summed E-state index contributed by atoms with van der Waals surface area (Å²) in [6, 6.07) is 0.580. The number of hydrogen-bond donors (Lipinski definition) is 2. The molecule has 1 heterocycles. The van der Waals surface area contributed by atoms with Crippen LogP contribution in [0, 0.1) is 5.41 Å². The molecule has 2 N–H and O–H groups in total. The Balaban J connectivity index is 1.87. The van der Waals surface area contributed by atoms with Gasteiger partial charge in [-0.3, -0.25) is 0 Å². The molecule has 0 radical (unpaired) electrons. The first-order chi connectivity index (χ1) is 8.10. The lowest BCUT2D eigenvalue weighted by Crippen LogP contribution is -2.43. The van der Waals surface area contributed by atoms with Crippen LogP contribution in [0.5, 0.6) is 0 Å². The molecule has 0 aromatic rings. The zero-order valence-electron chi connectivity index (χ0n) is 11.4. The van der Waals surface area contributed by atoms with Crippen molar-refractivity contribution in [2.75, 3.05) is 26.2 Å². The minimum atomic E-state index is -0.0773. The molecule has 0 aromatic heterocycles. The summed E-state index contributed by atoms with van der Waals surface area (Å²) in [5, 5.41) is 13.2. The van der Waals surface area contributed by atoms with Gasteiger partial charge >= 0.3 is 0 Å². The zero-order valence-corrected chi connectivity index (χ0v) is 11.4. The number of aliphatic hydroxyl groups excluding tert-OH is 1. The Morgan fingerprint density at radius 2 is 2.06 bits per heavy atom. The summed E-state index contributed by atoms with van der Waals surface area (Å²) in [7, 11) is 0. The van der Waals surface area contributed by atoms with E-state index in [1.165, 1.54) is 32.2 Å². The van der Waals surface area contributed by atoms with Crippen LogP contribution in [0.1, 0.15) is 46.0 Å². The summed E-state index contributed by atoms with van der Waals surface area (Å²) in [6.45, 7) is 8.76. The Morgan fingerprint density at radius 1 is 1.35 bits per heavy atom. The molecule has 17 heavy (non-hydrogen) atoms. The van der Waals surface area contributed by atoms with Crippen LogP contribution in [0.25, 0.3) is 0 Å². The SMILES string of the molecule is CC(C)NCC1(CN2CCC(O)C2)CCCC1. The quantitative estimate of drug-likeness (QED) is 0.766. The Bertz CT molecular complexity index is 236. The molecule has 1 aliphatic heterocycles. The summed E-state index contributed by atoms with van der Waals surface area (Å²) in [5.41, 5.74) is 0.480. The third-order valence-corrected chi connectivity index (χ3v) is 4.36. The summed E-state index contributed by atoms with van der Waals surface area (Å²) in [6.07, 6.45) is 6.38. The number of hydrogen-bond acceptors (Lipinski definition) is 3. The normalized spacial score (nSPS) is 29.3. The van der Waals surface area contributed by atoms with Gasteiger partial charge in [-0.15, -0.1) is 0 Å². The fourth-order valence-electron chi connectivity index (χ4n) is 3.37. The Hall–Kier alpha value is -0.120. The average Bonchev–Trinajstić information content (AvgIpc) is 2.87. The molecule has 1 atom stereocenters. The second-order valence-electron chi connectivity index (χ2n) is 6.42. The number of β-amino-alcohol motifs (C(OH)–C–C–N with tert-alkyl or cyclic N) is 1. The molecule has 3 nitrogen and oxygen atoms in total. The van der Waals surface area contributed by atoms with Crippen LogP contribution in [0.4, 0.5) is 0 Å². The van der Waals surface area contributed by atoms with Gasteiger partial charge in [0.1, 0.15) is 0 Å². The van der Waals surface area contributed by atoms with E-state index in [-0.39, 0.29) is 6.10 Å². The van der Waals surface area contributed by atoms with E-state index in [1.54, 1.807) is 0 Å². The molecule has 1 aliphatic carbocycles. The molecule has 0 aromatic carbocycles. The van der Waals surface area contributed by atoms with Crippen molar-refractivity contribution in [3.63, 3.8) is 0 Å². The topological polar surface area (TPSA) is 35.5 Å². The highest BCUT2D eigenvalue weighted by Gasteiger charge is 2.36. The second-order valence-corrected chi connectivity index (χ2v) is 6.42. The molecule has 100 valence electrons. The molecule has 0 amide bonds. The van der Waals surface area contributed by atoms with Crippen LogP contribution in [0.2, 0.25) is 0 Å². The van der Waals surface area contributed by atoms with Crippen LogP contribution in [-0.2, 0) is 0 Å². The third-order valence-electron chi connectivity index (χ3n) is 4.36. The summed E-state index contributed by atoms with van der Waals surface area (Å²) >= 11 is 0. The molecule has 0 bridgehead atoms. The van der Waals surface area contributed by atoms with Crippen molar-refractivity contribution in [3.8, 4) is 0 Å². The van der Waals surface area contributed by atoms with Gasteiger partial charge in [-0.1, -0.05) is 26.7 Å². The Morgan fingerprint density at radius 3 is 2.59 bits per heavy atom. The molecule has 2 fully saturated rings. The third kappa shape index (κ3) is 3.67. The average molecular weight is 240 g/mol. The first kappa shape index (κ1) is 13.3. The van der Waals surface area contributed by atoms with E-state index in [9.17, 15) is 5.11 Å². The highest BCUT2D eigenvalue weighted by atomic mass is 16.3. The molecule has 2 aliphatic rings. The van der Waals surface area contributed by atoms with Crippen molar-refractivity contribution < 1.29 is 5.11 Å². The van der Waals surface area contributed by atoms with Crippen LogP contribution in [0.3, 0.4) is 0 Å². The van der Waals surface area contributed by atoms with E-state index < -0.39 is 0 Å². The largest absolute Gasteiger partial charge is 0.392 e. The number of aliphatic hydroxyl groups is 1. The van der Waals surface area contributed by atoms with Crippen molar-refractivity contribution in [2.45, 2.75) is 58.1 Å². The molecular weight excluding hydrogens is 212 g/mol. The van der Waals surface area contributed by atoms with Gasteiger partial charge in [0.25, 0.3) is 0 Å². The number of rotatable bonds is 5. The zero-order chi connectivity index (χ0) is 12.3. The van der Waals surface area contributed by atoms with Gasteiger partial charge in [0, 0.05) is 32.2 Å². The minimum Gasteiger partial charge on any atom is -0.392 e. The van der Waals surface area contributed by atoms with Crippen molar-refractivity contribution in [1.29, 1.82) is 0 Å². The lowest BCUT2D eigenvalue weighted by atomic mass is 9.85. The predicted octanol–water partition coefficient (Wildman–Crippen LogP) is 1.61. The van der Waals surface area contributed by atoms with Crippen molar-refractivity contribution in [1.82, 2.24) is 10.2 Å². The van der Waals surface area contributed by atoms with Gasteiger partial charge < -0.3 is 15.3 Å². The van der Waals surface area contributed by atoms with Gasteiger partial charge in [-0.05, 0) is 24.7 Å². The van der Waals surface area contributed by atoms with Crippen molar-refractivity contribution in [2.24, 2.45) is 5.41 Å². The fraction of sp³-hybridized carbons (Fsp3) is 1.00. The van der Waals surface area contributed by atoms with Crippen LogP contribution >= 0.6 is 0 Å². The Kier molecular flexibility index (Phi) is 4.45. The van der Waals surface area contributed by atoms with Crippen LogP contribution < -0.4 is 5.32 Å². The number of likely N-dealkylation sites (tertiary alicyclic amines) is 1. The second kappa shape index (κ2) is 5.68. The summed E-state index contributed by atoms with van der Waals surface area (Å²) < 4.78 is 0. The monoisotopic (exact) mass is 240 g/mol. The van der Waals surface area contributed by atoms with E-state index >= 15 is 0 Å². The molecule has 1 saturated heterocycles. The van der Waals surface area contributed by atoms with E-state index in [4.69, 9.17) is 0 Å². The molecule has 0 spiro atoms. The standard InChI is InChI=1S/C14H28N2O/c1-12(2)15-10-14(6-3-4-7-14)11-16-8-5-13(17)9-16/h12-13,15,17H,3-11H2,1-2H3. The highest BCUT2D eigenvalue weighted by molar-refractivity contribution is 4.91. The van der Waals surface area contributed by atoms with Crippen molar-refractivity contribution >= 4 is 0 Å². The lowest BCUT2D eigenvalue weighted by Gasteiger charge is -2.34. The van der Waals surface area contributed by atoms with Crippen molar-refractivity contribution in [3.05, 3.63) is 0 Å². The van der Waals surface area contributed by atoms with Gasteiger partial charge in [0.2, 0.25) is 0 Å². The lowest BCUT2D eigenvalue weighted by molar-refractivity contribution is 0.138. The molecule has 1 unspecified atom stereocenters. The fourth-order valence-corrected chi connectivity index (χ4v) is 3.37. The van der Waals surface area contributed by atoms with E-state index in [1.807, 2.05) is 0 Å². The molecule has 3 heteroatoms. The maximum absolute atomic E-state index is 9.62. The first-order valence-electron chi connectivity index (χ1n) is 7.23. The maximum atomic E-state index is 9.62. The van der Waals surface area contributed by atoms with E-state index in [0.29, 0.717) is 11.5 Å². The maximum Gasteiger partial charge on any atom is 0.0679 e. The molecular formula is C14H28N2O. The predicted molar refractivity (Wildman–Crippen MR) is 71.1 cm³/mol. The number of nitrogens with one attached hydrogen (secondary N) is 1. The molecule has 1 saturated carbocycles. The van der Waals surface area contributed by atoms with E-state index in [2.05, 4.69) is 24.1 Å². The van der Waals surface area contributed by atoms with Gasteiger partial charge in [-0.25, -0.2) is 0 Å². The number of nitrogens with zero attached hydrogens (tertiary/aromatic N) is 1. The first-order valence-corrected chi connectivity index (χ1v) is 7.23. The minimum absolute atomic E-state index is 0.0773. The molecule has 2 rings (SSSR count). The van der Waals surface area contributed by atoms with Crippen LogP contribution in [-0.4, -0.2) is 48.3 Å². The highest BCUT2D eigenvalue weighted by Crippen LogP contribution is 2.39. The summed E-state index contributed by atoms with van der Waals surface area (Å²) in [5.74, 6) is 0. The van der Waals surface area contributed by atoms with Crippen LogP contribution in [0.15, 0.2) is 0 Å². The van der Waals surface area contributed by atoms with Gasteiger partial charge in [0.05, 0.1) is 6.10 Å². The van der Waals surface area contributed by atoms with E-state index in [0.717, 1.165) is 26.1 Å². The Labute approximate surface area is 106 Å². The van der Waals surface area contributed by atoms with Gasteiger partial charge in [-0.2, -0.15) is 0 Å².